The average Bonchev–Trinajstić information content (AvgIpc) is 2.60. The summed E-state index contributed by atoms with van der Waals surface area (Å²) in [6.45, 7) is 1.84. The van der Waals surface area contributed by atoms with Crippen LogP contribution in [0.15, 0.2) is 70.1 Å². The summed E-state index contributed by atoms with van der Waals surface area (Å²) in [5, 5.41) is 12.2. The third-order valence-corrected chi connectivity index (χ3v) is 4.39. The van der Waals surface area contributed by atoms with Crippen LogP contribution in [0.4, 0.5) is 0 Å². The van der Waals surface area contributed by atoms with E-state index in [0.29, 0.717) is 23.0 Å². The lowest BCUT2D eigenvalue weighted by Gasteiger charge is -2.07. The minimum absolute atomic E-state index is 0.00113. The van der Waals surface area contributed by atoms with E-state index in [0.717, 1.165) is 21.9 Å². The maximum atomic E-state index is 13.0. The molecule has 3 nitrogen and oxygen atoms in total. The first-order valence-electron chi connectivity index (χ1n) is 7.84. The number of hydrogen-bond donors (Lipinski definition) is 1. The Kier molecular flexibility index (Phi) is 3.35. The summed E-state index contributed by atoms with van der Waals surface area (Å²) < 4.78 is 5.71. The van der Waals surface area contributed by atoms with Gasteiger partial charge >= 0.3 is 0 Å². The lowest BCUT2D eigenvalue weighted by Crippen LogP contribution is -2.09. The van der Waals surface area contributed by atoms with Crippen LogP contribution in [0.1, 0.15) is 16.7 Å². The van der Waals surface area contributed by atoms with Gasteiger partial charge in [-0.3, -0.25) is 4.79 Å². The molecule has 1 heterocycles. The van der Waals surface area contributed by atoms with Crippen LogP contribution in [0.25, 0.3) is 21.7 Å². The fourth-order valence-electron chi connectivity index (χ4n) is 3.10. The van der Waals surface area contributed by atoms with Crippen LogP contribution in [0.5, 0.6) is 5.75 Å². The van der Waals surface area contributed by atoms with Crippen LogP contribution in [-0.2, 0) is 6.42 Å². The van der Waals surface area contributed by atoms with Crippen LogP contribution in [0.2, 0.25) is 0 Å². The highest BCUT2D eigenvalue weighted by Crippen LogP contribution is 2.24. The van der Waals surface area contributed by atoms with E-state index in [1.54, 1.807) is 12.3 Å². The molecule has 0 atom stereocenters. The predicted molar refractivity (Wildman–Crippen MR) is 95.6 cm³/mol. The highest BCUT2D eigenvalue weighted by Gasteiger charge is 2.11. The van der Waals surface area contributed by atoms with Crippen molar-refractivity contribution in [2.75, 3.05) is 0 Å². The van der Waals surface area contributed by atoms with Crippen molar-refractivity contribution in [3.63, 3.8) is 0 Å². The van der Waals surface area contributed by atoms with E-state index in [-0.39, 0.29) is 11.2 Å². The molecule has 118 valence electrons. The van der Waals surface area contributed by atoms with Crippen LogP contribution < -0.4 is 5.43 Å². The molecule has 0 radical (unpaired) electrons. The van der Waals surface area contributed by atoms with Gasteiger partial charge in [0.1, 0.15) is 11.3 Å². The number of hydrogen-bond acceptors (Lipinski definition) is 3. The molecule has 0 aliphatic rings. The molecule has 3 heteroatoms. The van der Waals surface area contributed by atoms with Crippen LogP contribution in [-0.4, -0.2) is 5.11 Å². The molecule has 0 aliphatic heterocycles. The van der Waals surface area contributed by atoms with Crippen molar-refractivity contribution < 1.29 is 9.52 Å². The lowest BCUT2D eigenvalue weighted by molar-refractivity contribution is 0.471. The number of fused-ring (bicyclic) bond motifs is 3. The maximum absolute atomic E-state index is 13.0. The van der Waals surface area contributed by atoms with Crippen LogP contribution in [0, 0.1) is 6.92 Å². The third-order valence-electron chi connectivity index (χ3n) is 4.39. The van der Waals surface area contributed by atoms with Gasteiger partial charge in [-0.05, 0) is 41.0 Å². The molecule has 3 aromatic carbocycles. The zero-order chi connectivity index (χ0) is 16.7. The molecular weight excluding hydrogens is 300 g/mol. The number of phenolic OH excluding ortho intramolecular Hbond substituents is 1. The largest absolute Gasteiger partial charge is 0.508 e. The van der Waals surface area contributed by atoms with Crippen molar-refractivity contribution >= 4 is 21.7 Å². The molecule has 0 saturated carbocycles. The quantitative estimate of drug-likeness (QED) is 0.552. The fraction of sp³-hybridized carbons (Fsp3) is 0.0952. The predicted octanol–water partition coefficient (Wildman–Crippen LogP) is 4.55. The van der Waals surface area contributed by atoms with Crippen molar-refractivity contribution in [3.8, 4) is 5.75 Å². The van der Waals surface area contributed by atoms with Gasteiger partial charge in [0, 0.05) is 12.0 Å². The first-order valence-corrected chi connectivity index (χ1v) is 7.84. The second-order valence-electron chi connectivity index (χ2n) is 6.05. The number of aryl methyl sites for hydroxylation is 1. The Labute approximate surface area is 138 Å². The molecule has 0 fully saturated rings. The van der Waals surface area contributed by atoms with E-state index < -0.39 is 0 Å². The summed E-state index contributed by atoms with van der Waals surface area (Å²) in [6.07, 6.45) is 2.02. The maximum Gasteiger partial charge on any atom is 0.196 e. The molecule has 0 unspecified atom stereocenters. The SMILES string of the molecule is Cc1cc(Cc2coc3ccc4ccccc4c3c2=O)ccc1O. The van der Waals surface area contributed by atoms with Gasteiger partial charge in [0.05, 0.1) is 11.6 Å². The summed E-state index contributed by atoms with van der Waals surface area (Å²) in [6, 6.07) is 17.0. The van der Waals surface area contributed by atoms with Gasteiger partial charge in [-0.15, -0.1) is 0 Å². The molecule has 1 aromatic heterocycles. The first-order chi connectivity index (χ1) is 11.6. The van der Waals surface area contributed by atoms with Gasteiger partial charge in [-0.1, -0.05) is 42.5 Å². The van der Waals surface area contributed by atoms with Gasteiger partial charge in [0.15, 0.2) is 5.43 Å². The van der Waals surface area contributed by atoms with Crippen molar-refractivity contribution in [3.05, 3.63) is 87.8 Å². The molecule has 4 rings (SSSR count). The second-order valence-corrected chi connectivity index (χ2v) is 6.05. The molecule has 0 saturated heterocycles. The van der Waals surface area contributed by atoms with Crippen molar-refractivity contribution in [1.82, 2.24) is 0 Å². The summed E-state index contributed by atoms with van der Waals surface area (Å²) in [5.74, 6) is 0.260. The summed E-state index contributed by atoms with van der Waals surface area (Å²) in [4.78, 5) is 13.0. The van der Waals surface area contributed by atoms with E-state index in [2.05, 4.69) is 0 Å². The Hall–Kier alpha value is -3.07. The van der Waals surface area contributed by atoms with Crippen LogP contribution in [0.3, 0.4) is 0 Å². The lowest BCUT2D eigenvalue weighted by atomic mass is 10.0. The molecule has 0 amide bonds. The van der Waals surface area contributed by atoms with E-state index in [1.807, 2.05) is 55.5 Å². The monoisotopic (exact) mass is 316 g/mol. The van der Waals surface area contributed by atoms with Crippen molar-refractivity contribution in [1.29, 1.82) is 0 Å². The topological polar surface area (TPSA) is 50.4 Å². The standard InChI is InChI=1S/C21H16O3/c1-13-10-14(6-8-18(13)22)11-16-12-24-19-9-7-15-4-2-3-5-17(15)20(19)21(16)23/h2-10,12,22H,11H2,1H3. The zero-order valence-corrected chi connectivity index (χ0v) is 13.2. The number of phenols is 1. The number of rotatable bonds is 2. The Morgan fingerprint density at radius 2 is 1.88 bits per heavy atom. The molecule has 1 N–H and O–H groups in total. The fourth-order valence-corrected chi connectivity index (χ4v) is 3.10. The van der Waals surface area contributed by atoms with E-state index in [1.165, 1.54) is 0 Å². The minimum atomic E-state index is -0.00113. The first kappa shape index (κ1) is 14.5. The second kappa shape index (κ2) is 5.53. The smallest absolute Gasteiger partial charge is 0.196 e. The highest BCUT2D eigenvalue weighted by molar-refractivity contribution is 6.05. The Morgan fingerprint density at radius 3 is 2.71 bits per heavy atom. The van der Waals surface area contributed by atoms with Gasteiger partial charge in [0.2, 0.25) is 0 Å². The Morgan fingerprint density at radius 1 is 1.04 bits per heavy atom. The van der Waals surface area contributed by atoms with E-state index in [4.69, 9.17) is 4.42 Å². The molecule has 0 aliphatic carbocycles. The van der Waals surface area contributed by atoms with E-state index in [9.17, 15) is 9.90 Å². The summed E-state index contributed by atoms with van der Waals surface area (Å²) in [7, 11) is 0. The summed E-state index contributed by atoms with van der Waals surface area (Å²) >= 11 is 0. The van der Waals surface area contributed by atoms with Gasteiger partial charge in [0.25, 0.3) is 0 Å². The normalized spacial score (nSPS) is 11.2. The van der Waals surface area contributed by atoms with E-state index >= 15 is 0 Å². The molecule has 0 spiro atoms. The number of aromatic hydroxyl groups is 1. The van der Waals surface area contributed by atoms with Crippen molar-refractivity contribution in [2.24, 2.45) is 0 Å². The zero-order valence-electron chi connectivity index (χ0n) is 13.2. The molecule has 4 aromatic rings. The minimum Gasteiger partial charge on any atom is -0.508 e. The Bertz CT molecular complexity index is 1120. The van der Waals surface area contributed by atoms with Gasteiger partial charge in [-0.2, -0.15) is 0 Å². The Balaban J connectivity index is 1.90. The molecular formula is C21H16O3. The third kappa shape index (κ3) is 2.35. The average molecular weight is 316 g/mol. The van der Waals surface area contributed by atoms with Gasteiger partial charge < -0.3 is 9.52 Å². The summed E-state index contributed by atoms with van der Waals surface area (Å²) in [5.41, 5.74) is 2.98. The van der Waals surface area contributed by atoms with Crippen molar-refractivity contribution in [2.45, 2.75) is 13.3 Å². The molecule has 24 heavy (non-hydrogen) atoms. The number of benzene rings is 3. The molecule has 0 bridgehead atoms. The van der Waals surface area contributed by atoms with Gasteiger partial charge in [-0.25, -0.2) is 0 Å². The highest BCUT2D eigenvalue weighted by atomic mass is 16.3. The van der Waals surface area contributed by atoms with Crippen LogP contribution >= 0.6 is 0 Å².